The second kappa shape index (κ2) is 8.93. The molecule has 1 aliphatic carbocycles. The predicted octanol–water partition coefficient (Wildman–Crippen LogP) is 8.78. The van der Waals surface area contributed by atoms with Gasteiger partial charge in [0.25, 0.3) is 5.91 Å². The quantitative estimate of drug-likeness (QED) is 0.336. The number of hydrogen-bond acceptors (Lipinski definition) is 2. The minimum Gasteiger partial charge on any atom is -0.410 e. The zero-order valence-corrected chi connectivity index (χ0v) is 22.8. The van der Waals surface area contributed by atoms with Crippen molar-refractivity contribution in [1.29, 1.82) is 0 Å². The molecule has 2 aromatic carbocycles. The topological polar surface area (TPSA) is 54.1 Å². The molecule has 176 valence electrons. The molecule has 2 N–H and O–H groups in total. The molecular weight excluding hydrogens is 495 g/mol. The van der Waals surface area contributed by atoms with Crippen molar-refractivity contribution in [3.63, 3.8) is 0 Å². The van der Waals surface area contributed by atoms with Crippen LogP contribution in [0.4, 0.5) is 5.69 Å². The molecule has 0 spiro atoms. The SMILES string of the molecule is CC(C)(C)[Si](C)(C)OC1CCCc2c1cc(Cl)c(NC(=O)c1cc3cc(Cl)ccc3[nH]1)c2Cl. The number of anilines is 1. The zero-order valence-electron chi connectivity index (χ0n) is 19.5. The summed E-state index contributed by atoms with van der Waals surface area (Å²) < 4.78 is 6.73. The highest BCUT2D eigenvalue weighted by molar-refractivity contribution is 6.74. The standard InChI is InChI=1S/C25H29Cl3N2O2Si/c1-25(2,3)33(4,5)32-21-8-6-7-16-17(21)13-18(27)23(22(16)28)30-24(31)20-12-14-11-15(26)9-10-19(14)29-20/h9-13,21,29H,6-8H2,1-5H3,(H,30,31). The Hall–Kier alpha value is -1.50. The second-order valence-electron chi connectivity index (χ2n) is 10.2. The van der Waals surface area contributed by atoms with Crippen molar-refractivity contribution in [3.8, 4) is 0 Å². The Labute approximate surface area is 211 Å². The first-order chi connectivity index (χ1) is 15.4. The third-order valence-corrected chi connectivity index (χ3v) is 12.3. The Morgan fingerprint density at radius 1 is 1.15 bits per heavy atom. The summed E-state index contributed by atoms with van der Waals surface area (Å²) >= 11 is 19.5. The normalized spacial score (nSPS) is 16.7. The van der Waals surface area contributed by atoms with E-state index in [1.165, 1.54) is 0 Å². The van der Waals surface area contributed by atoms with Gasteiger partial charge in [0.1, 0.15) is 5.69 Å². The Morgan fingerprint density at radius 2 is 1.88 bits per heavy atom. The molecule has 8 heteroatoms. The number of fused-ring (bicyclic) bond motifs is 2. The van der Waals surface area contributed by atoms with Gasteiger partial charge < -0.3 is 14.7 Å². The highest BCUT2D eigenvalue weighted by atomic mass is 35.5. The highest BCUT2D eigenvalue weighted by Gasteiger charge is 2.40. The Bertz CT molecular complexity index is 1230. The Balaban J connectivity index is 1.64. The lowest BCUT2D eigenvalue weighted by molar-refractivity contribution is 0.102. The van der Waals surface area contributed by atoms with Crippen molar-refractivity contribution in [2.75, 3.05) is 5.32 Å². The van der Waals surface area contributed by atoms with Gasteiger partial charge in [0.05, 0.1) is 21.8 Å². The van der Waals surface area contributed by atoms with Gasteiger partial charge in [-0.15, -0.1) is 0 Å². The van der Waals surface area contributed by atoms with Gasteiger partial charge >= 0.3 is 0 Å². The third-order valence-electron chi connectivity index (χ3n) is 6.90. The molecular formula is C25H29Cl3N2O2Si. The van der Waals surface area contributed by atoms with Gasteiger partial charge in [0.2, 0.25) is 0 Å². The van der Waals surface area contributed by atoms with Crippen LogP contribution >= 0.6 is 34.8 Å². The number of aromatic nitrogens is 1. The van der Waals surface area contributed by atoms with Gasteiger partial charge in [-0.3, -0.25) is 4.79 Å². The summed E-state index contributed by atoms with van der Waals surface area (Å²) in [7, 11) is -1.97. The minimum atomic E-state index is -1.97. The summed E-state index contributed by atoms with van der Waals surface area (Å²) in [4.78, 5) is 16.1. The van der Waals surface area contributed by atoms with Crippen molar-refractivity contribution in [3.05, 3.63) is 62.2 Å². The van der Waals surface area contributed by atoms with Crippen LogP contribution in [0.2, 0.25) is 33.2 Å². The summed E-state index contributed by atoms with van der Waals surface area (Å²) in [5, 5.41) is 5.40. The summed E-state index contributed by atoms with van der Waals surface area (Å²) in [6.45, 7) is 11.2. The van der Waals surface area contributed by atoms with Gasteiger partial charge in [0.15, 0.2) is 8.32 Å². The summed E-state index contributed by atoms with van der Waals surface area (Å²) in [5.41, 5.74) is 3.73. The maximum absolute atomic E-state index is 13.0. The van der Waals surface area contributed by atoms with E-state index in [1.807, 2.05) is 18.2 Å². The molecule has 1 aliphatic rings. The summed E-state index contributed by atoms with van der Waals surface area (Å²) in [5.74, 6) is -0.309. The third kappa shape index (κ3) is 4.84. The summed E-state index contributed by atoms with van der Waals surface area (Å²) in [6.07, 6.45) is 2.71. The Morgan fingerprint density at radius 3 is 2.58 bits per heavy atom. The largest absolute Gasteiger partial charge is 0.410 e. The number of amides is 1. The van der Waals surface area contributed by atoms with Crippen LogP contribution in [0.3, 0.4) is 0 Å². The number of H-pyrrole nitrogens is 1. The van der Waals surface area contributed by atoms with E-state index < -0.39 is 8.32 Å². The van der Waals surface area contributed by atoms with Gasteiger partial charge in [-0.05, 0) is 78.9 Å². The maximum atomic E-state index is 13.0. The van der Waals surface area contributed by atoms with E-state index in [1.54, 1.807) is 12.1 Å². The smallest absolute Gasteiger partial charge is 0.272 e. The molecule has 0 saturated carbocycles. The zero-order chi connectivity index (χ0) is 24.1. The molecule has 1 unspecified atom stereocenters. The molecule has 0 saturated heterocycles. The molecule has 4 rings (SSSR count). The van der Waals surface area contributed by atoms with E-state index in [9.17, 15) is 4.79 Å². The number of carbonyl (C=O) groups is 1. The first-order valence-corrected chi connectivity index (χ1v) is 15.2. The molecule has 0 bridgehead atoms. The van der Waals surface area contributed by atoms with Crippen LogP contribution in [-0.4, -0.2) is 19.2 Å². The van der Waals surface area contributed by atoms with Gasteiger partial charge in [0, 0.05) is 15.9 Å². The van der Waals surface area contributed by atoms with Crippen LogP contribution in [0.25, 0.3) is 10.9 Å². The highest BCUT2D eigenvalue weighted by Crippen LogP contribution is 2.47. The number of rotatable bonds is 4. The van der Waals surface area contributed by atoms with Crippen LogP contribution in [0.5, 0.6) is 0 Å². The molecule has 1 heterocycles. The van der Waals surface area contributed by atoms with Crippen LogP contribution in [0.1, 0.15) is 61.3 Å². The van der Waals surface area contributed by atoms with Gasteiger partial charge in [-0.1, -0.05) is 55.6 Å². The molecule has 0 fully saturated rings. The van der Waals surface area contributed by atoms with Gasteiger partial charge in [-0.2, -0.15) is 0 Å². The molecule has 0 aliphatic heterocycles. The molecule has 0 radical (unpaired) electrons. The van der Waals surface area contributed by atoms with E-state index in [4.69, 9.17) is 39.2 Å². The number of halogens is 3. The molecule has 33 heavy (non-hydrogen) atoms. The van der Waals surface area contributed by atoms with Crippen molar-refractivity contribution in [1.82, 2.24) is 4.98 Å². The lowest BCUT2D eigenvalue weighted by Gasteiger charge is -2.41. The summed E-state index contributed by atoms with van der Waals surface area (Å²) in [6, 6.07) is 9.11. The fourth-order valence-corrected chi connectivity index (χ4v) is 6.17. The van der Waals surface area contributed by atoms with Gasteiger partial charge in [-0.25, -0.2) is 0 Å². The average molecular weight is 524 g/mol. The number of carbonyl (C=O) groups excluding carboxylic acids is 1. The molecule has 3 aromatic rings. The van der Waals surface area contributed by atoms with Crippen LogP contribution < -0.4 is 5.32 Å². The number of nitrogens with one attached hydrogen (secondary N) is 2. The van der Waals surface area contributed by atoms with Crippen molar-refractivity contribution in [2.24, 2.45) is 0 Å². The van der Waals surface area contributed by atoms with E-state index in [2.05, 4.69) is 44.2 Å². The number of aromatic amines is 1. The second-order valence-corrected chi connectivity index (χ2v) is 16.2. The minimum absolute atomic E-state index is 0.0344. The predicted molar refractivity (Wildman–Crippen MR) is 142 cm³/mol. The molecule has 1 amide bonds. The number of hydrogen-bond donors (Lipinski definition) is 2. The molecule has 1 atom stereocenters. The van der Waals surface area contributed by atoms with E-state index in [0.717, 1.165) is 41.3 Å². The van der Waals surface area contributed by atoms with Crippen molar-refractivity contribution >= 4 is 65.6 Å². The van der Waals surface area contributed by atoms with Crippen LogP contribution in [0.15, 0.2) is 30.3 Å². The van der Waals surface area contributed by atoms with E-state index >= 15 is 0 Å². The fraction of sp³-hybridized carbons (Fsp3) is 0.400. The van der Waals surface area contributed by atoms with Crippen molar-refractivity contribution in [2.45, 2.75) is 64.3 Å². The average Bonchev–Trinajstić information content (AvgIpc) is 3.14. The fourth-order valence-electron chi connectivity index (χ4n) is 4.02. The lowest BCUT2D eigenvalue weighted by atomic mass is 9.89. The van der Waals surface area contributed by atoms with Crippen LogP contribution in [-0.2, 0) is 10.8 Å². The monoisotopic (exact) mass is 522 g/mol. The molecule has 1 aromatic heterocycles. The molecule has 4 nitrogen and oxygen atoms in total. The van der Waals surface area contributed by atoms with Crippen LogP contribution in [0, 0.1) is 0 Å². The Kier molecular flexibility index (Phi) is 6.66. The van der Waals surface area contributed by atoms with Crippen molar-refractivity contribution < 1.29 is 9.22 Å². The first kappa shape index (κ1) is 24.6. The lowest BCUT2D eigenvalue weighted by Crippen LogP contribution is -2.42. The van der Waals surface area contributed by atoms with E-state index in [-0.39, 0.29) is 17.0 Å². The van der Waals surface area contributed by atoms with E-state index in [0.29, 0.717) is 26.4 Å². The number of benzene rings is 2. The maximum Gasteiger partial charge on any atom is 0.272 e. The first-order valence-electron chi connectivity index (χ1n) is 11.2.